The van der Waals surface area contributed by atoms with E-state index in [4.69, 9.17) is 0 Å². The fourth-order valence-electron chi connectivity index (χ4n) is 4.32. The molecule has 0 fully saturated rings. The molecule has 0 nitrogen and oxygen atoms in total. The largest absolute Gasteiger partial charge is 4.00 e. The maximum Gasteiger partial charge on any atom is 4.00 e. The zero-order chi connectivity index (χ0) is 25.7. The van der Waals surface area contributed by atoms with Crippen molar-refractivity contribution in [2.45, 2.75) is 13.1 Å². The molecular formula is C36H33Cl2HfSi. The van der Waals surface area contributed by atoms with Gasteiger partial charge in [0.1, 0.15) is 0 Å². The molecule has 4 heteroatoms. The van der Waals surface area contributed by atoms with Gasteiger partial charge in [-0.25, -0.2) is 0 Å². The normalized spacial score (nSPS) is 9.25. The van der Waals surface area contributed by atoms with Crippen LogP contribution in [0.4, 0.5) is 0 Å². The predicted molar refractivity (Wildman–Crippen MR) is 165 cm³/mol. The Hall–Kier alpha value is -2.75. The van der Waals surface area contributed by atoms with E-state index in [0.29, 0.717) is 0 Å². The topological polar surface area (TPSA) is 0 Å². The molecule has 0 aromatic heterocycles. The van der Waals surface area contributed by atoms with Gasteiger partial charge in [-0.1, -0.05) is 157 Å². The van der Waals surface area contributed by atoms with Crippen LogP contribution in [-0.4, -0.2) is 9.52 Å². The van der Waals surface area contributed by atoms with Gasteiger partial charge < -0.3 is 24.8 Å². The van der Waals surface area contributed by atoms with Gasteiger partial charge in [-0.15, -0.1) is 0 Å². The molecule has 0 N–H and O–H groups in total. The van der Waals surface area contributed by atoms with E-state index >= 15 is 0 Å². The van der Waals surface area contributed by atoms with Crippen LogP contribution in [-0.2, 0) is 25.8 Å². The smallest absolute Gasteiger partial charge is 1.00 e. The van der Waals surface area contributed by atoms with Crippen LogP contribution < -0.4 is 24.8 Å². The van der Waals surface area contributed by atoms with Crippen LogP contribution in [0.3, 0.4) is 0 Å². The minimum absolute atomic E-state index is 0. The van der Waals surface area contributed by atoms with Crippen molar-refractivity contribution in [1.82, 2.24) is 0 Å². The molecule has 0 unspecified atom stereocenters. The molecule has 0 aliphatic carbocycles. The van der Waals surface area contributed by atoms with Crippen molar-refractivity contribution in [3.63, 3.8) is 0 Å². The standard InChI is InChI=1S/2C17H13.C2H7Si.2ClH.Hf/c2*1-3-8-14(9-4-1)16-12-7-13-17(16)15-10-5-2-6-11-15;1-3-2;;;/h2*1-13H;3H,1-2H3;2*1H;/q2*-1;;;;+4/p-2. The summed E-state index contributed by atoms with van der Waals surface area (Å²) in [4.78, 5) is 0. The molecule has 0 aliphatic rings. The minimum Gasteiger partial charge on any atom is -1.00 e. The van der Waals surface area contributed by atoms with E-state index in [0.717, 1.165) is 9.52 Å². The third kappa shape index (κ3) is 9.71. The monoisotopic (exact) mass is 743 g/mol. The van der Waals surface area contributed by atoms with Crippen molar-refractivity contribution < 1.29 is 50.7 Å². The quantitative estimate of drug-likeness (QED) is 0.190. The van der Waals surface area contributed by atoms with Crippen LogP contribution in [0, 0.1) is 0 Å². The van der Waals surface area contributed by atoms with E-state index in [1.54, 1.807) is 0 Å². The van der Waals surface area contributed by atoms with Gasteiger partial charge in [-0.2, -0.15) is 58.7 Å². The Morgan fingerprint density at radius 3 is 0.725 bits per heavy atom. The van der Waals surface area contributed by atoms with Gasteiger partial charge in [0, 0.05) is 9.52 Å². The van der Waals surface area contributed by atoms with Crippen LogP contribution in [0.15, 0.2) is 158 Å². The second-order valence-electron chi connectivity index (χ2n) is 8.75. The first-order chi connectivity index (χ1) is 18.3. The molecule has 0 amide bonds. The van der Waals surface area contributed by atoms with E-state index in [9.17, 15) is 0 Å². The molecule has 6 aromatic rings. The molecule has 0 aliphatic heterocycles. The predicted octanol–water partition coefficient (Wildman–Crippen LogP) is 4.00. The van der Waals surface area contributed by atoms with Gasteiger partial charge in [0.15, 0.2) is 0 Å². The maximum absolute atomic E-state index is 2.21. The summed E-state index contributed by atoms with van der Waals surface area (Å²) in [5.41, 5.74) is 10.3. The summed E-state index contributed by atoms with van der Waals surface area (Å²) < 4.78 is 0. The van der Waals surface area contributed by atoms with E-state index in [1.165, 1.54) is 44.5 Å². The average molecular weight is 743 g/mol. The third-order valence-electron chi connectivity index (χ3n) is 5.97. The number of halogens is 2. The zero-order valence-corrected chi connectivity index (χ0v) is 29.1. The number of rotatable bonds is 4. The van der Waals surface area contributed by atoms with Crippen LogP contribution in [0.25, 0.3) is 44.5 Å². The van der Waals surface area contributed by atoms with Gasteiger partial charge in [0.2, 0.25) is 0 Å². The van der Waals surface area contributed by atoms with Crippen molar-refractivity contribution in [2.75, 3.05) is 0 Å². The number of hydrogen-bond donors (Lipinski definition) is 0. The molecule has 0 saturated heterocycles. The molecule has 0 heterocycles. The molecule has 0 bridgehead atoms. The van der Waals surface area contributed by atoms with Crippen LogP contribution in [0.5, 0.6) is 0 Å². The molecule has 40 heavy (non-hydrogen) atoms. The average Bonchev–Trinajstić information content (AvgIpc) is 3.67. The van der Waals surface area contributed by atoms with Gasteiger partial charge in [0.25, 0.3) is 0 Å². The van der Waals surface area contributed by atoms with Crippen molar-refractivity contribution >= 4 is 9.52 Å². The summed E-state index contributed by atoms with van der Waals surface area (Å²) in [5.74, 6) is 0. The van der Waals surface area contributed by atoms with Crippen molar-refractivity contribution in [1.29, 1.82) is 0 Å². The summed E-state index contributed by atoms with van der Waals surface area (Å²) in [6, 6.07) is 55.0. The van der Waals surface area contributed by atoms with Gasteiger partial charge in [-0.3, -0.25) is 0 Å². The first-order valence-corrected chi connectivity index (χ1v) is 15.1. The Bertz CT molecular complexity index is 1220. The molecule has 199 valence electrons. The Labute approximate surface area is 273 Å². The number of benzene rings is 4. The van der Waals surface area contributed by atoms with Crippen LogP contribution in [0.1, 0.15) is 0 Å². The Morgan fingerprint density at radius 1 is 0.375 bits per heavy atom. The van der Waals surface area contributed by atoms with E-state index < -0.39 is 0 Å². The maximum atomic E-state index is 2.21. The Balaban J connectivity index is 0.000000341. The summed E-state index contributed by atoms with van der Waals surface area (Å²) in [5, 5.41) is 0. The van der Waals surface area contributed by atoms with Crippen molar-refractivity contribution in [3.05, 3.63) is 158 Å². The van der Waals surface area contributed by atoms with Gasteiger partial charge >= 0.3 is 25.8 Å². The van der Waals surface area contributed by atoms with Gasteiger partial charge in [0.05, 0.1) is 0 Å². The SMILES string of the molecule is C[SiH]C.[Cl-].[Cl-].[Hf+4].c1ccc(-c2c[cH-]cc2-c2ccccc2)cc1.c1ccc(-c2c[cH-]cc2-c2ccccc2)cc1. The fourth-order valence-corrected chi connectivity index (χ4v) is 4.32. The van der Waals surface area contributed by atoms with Crippen molar-refractivity contribution in [2.24, 2.45) is 0 Å². The van der Waals surface area contributed by atoms with Gasteiger partial charge in [-0.05, 0) is 0 Å². The second kappa shape index (κ2) is 19.3. The molecule has 0 atom stereocenters. The number of hydrogen-bond acceptors (Lipinski definition) is 0. The van der Waals surface area contributed by atoms with Crippen LogP contribution >= 0.6 is 0 Å². The Morgan fingerprint density at radius 2 is 0.550 bits per heavy atom. The van der Waals surface area contributed by atoms with E-state index in [-0.39, 0.29) is 50.7 Å². The first kappa shape index (κ1) is 35.3. The van der Waals surface area contributed by atoms with E-state index in [2.05, 4.69) is 171 Å². The summed E-state index contributed by atoms with van der Waals surface area (Å²) >= 11 is 0. The first-order valence-electron chi connectivity index (χ1n) is 12.8. The molecule has 6 aromatic carbocycles. The third-order valence-corrected chi connectivity index (χ3v) is 5.97. The second-order valence-corrected chi connectivity index (χ2v) is 9.90. The molecule has 0 saturated carbocycles. The summed E-state index contributed by atoms with van der Waals surface area (Å²) in [6.45, 7) is 4.42. The van der Waals surface area contributed by atoms with Crippen molar-refractivity contribution in [3.8, 4) is 44.5 Å². The summed E-state index contributed by atoms with van der Waals surface area (Å²) in [7, 11) is 0.750. The molecule has 6 rings (SSSR count). The molecular weight excluding hydrogens is 710 g/mol. The molecule has 0 spiro atoms. The van der Waals surface area contributed by atoms with Crippen LogP contribution in [0.2, 0.25) is 13.1 Å². The Kier molecular flexibility index (Phi) is 17.1. The molecule has 1 radical (unpaired) electrons. The fraction of sp³-hybridized carbons (Fsp3) is 0.0556. The van der Waals surface area contributed by atoms with E-state index in [1.807, 2.05) is 0 Å². The summed E-state index contributed by atoms with van der Waals surface area (Å²) in [6.07, 6.45) is 0. The zero-order valence-electron chi connectivity index (χ0n) is 22.8. The minimum atomic E-state index is 0.